The van der Waals surface area contributed by atoms with E-state index in [0.29, 0.717) is 0 Å². The Hall–Kier alpha value is -1.42. The maximum atomic E-state index is 13.3. The van der Waals surface area contributed by atoms with E-state index in [4.69, 9.17) is 0 Å². The van der Waals surface area contributed by atoms with Crippen molar-refractivity contribution in [1.82, 2.24) is 10.2 Å². The van der Waals surface area contributed by atoms with Crippen molar-refractivity contribution in [3.05, 3.63) is 35.6 Å². The fourth-order valence-corrected chi connectivity index (χ4v) is 2.84. The number of hydrogen-bond donors (Lipinski definition) is 1. The first kappa shape index (κ1) is 14.0. The maximum absolute atomic E-state index is 13.3. The third kappa shape index (κ3) is 3.77. The molecule has 4 heteroatoms. The van der Waals surface area contributed by atoms with Gasteiger partial charge in [-0.05, 0) is 36.6 Å². The first-order valence-electron chi connectivity index (χ1n) is 6.83. The second kappa shape index (κ2) is 6.15. The van der Waals surface area contributed by atoms with Crippen molar-refractivity contribution >= 4 is 5.91 Å². The molecule has 0 radical (unpaired) electrons. The van der Waals surface area contributed by atoms with Crippen LogP contribution >= 0.6 is 0 Å². The number of benzene rings is 1. The number of piperidine rings is 1. The average molecular weight is 264 g/mol. The first-order chi connectivity index (χ1) is 9.08. The summed E-state index contributed by atoms with van der Waals surface area (Å²) in [7, 11) is 0. The van der Waals surface area contributed by atoms with Crippen molar-refractivity contribution in [2.24, 2.45) is 0 Å². The van der Waals surface area contributed by atoms with Crippen molar-refractivity contribution in [3.63, 3.8) is 0 Å². The van der Waals surface area contributed by atoms with E-state index in [1.807, 2.05) is 6.07 Å². The van der Waals surface area contributed by atoms with Crippen LogP contribution in [0.4, 0.5) is 4.39 Å². The third-order valence-corrected chi connectivity index (χ3v) is 3.70. The lowest BCUT2D eigenvalue weighted by atomic mass is 9.88. The number of carbonyl (C=O) groups excluding carboxylic acids is 1. The number of likely N-dealkylation sites (N-methyl/N-ethyl adjacent to an activating group) is 1. The minimum absolute atomic E-state index is 0.000875. The van der Waals surface area contributed by atoms with E-state index in [2.05, 4.69) is 17.1 Å². The molecule has 2 unspecified atom stereocenters. The number of nitrogens with zero attached hydrogens (tertiary/aromatic N) is 1. The van der Waals surface area contributed by atoms with Crippen molar-refractivity contribution in [2.75, 3.05) is 19.6 Å². The molecule has 1 aromatic rings. The lowest BCUT2D eigenvalue weighted by Gasteiger charge is -2.37. The topological polar surface area (TPSA) is 32.3 Å². The molecule has 104 valence electrons. The molecule has 0 saturated carbocycles. The number of likely N-dealkylation sites (tertiary alicyclic amines) is 1. The van der Waals surface area contributed by atoms with Crippen LogP contribution in [0.3, 0.4) is 0 Å². The lowest BCUT2D eigenvalue weighted by Crippen LogP contribution is -2.49. The molecule has 0 aromatic heterocycles. The number of carbonyl (C=O) groups is 1. The summed E-state index contributed by atoms with van der Waals surface area (Å²) in [6.07, 6.45) is 0.875. The molecule has 1 heterocycles. The maximum Gasteiger partial charge on any atom is 0.217 e. The zero-order chi connectivity index (χ0) is 13.8. The Bertz CT molecular complexity index is 450. The molecule has 1 saturated heterocycles. The van der Waals surface area contributed by atoms with E-state index < -0.39 is 0 Å². The molecular weight excluding hydrogens is 243 g/mol. The zero-order valence-electron chi connectivity index (χ0n) is 11.5. The second-order valence-corrected chi connectivity index (χ2v) is 5.24. The fourth-order valence-electron chi connectivity index (χ4n) is 2.84. The van der Waals surface area contributed by atoms with E-state index in [9.17, 15) is 9.18 Å². The standard InChI is InChI=1S/C15H21FN2O/c1-3-18-9-13(8-15(10-18)17-11(2)19)12-5-4-6-14(16)7-12/h4-7,13,15H,3,8-10H2,1-2H3,(H,17,19). The number of nitrogens with one attached hydrogen (secondary N) is 1. The molecule has 0 spiro atoms. The van der Waals surface area contributed by atoms with Crippen LogP contribution < -0.4 is 5.32 Å². The number of halogens is 1. The Morgan fingerprint density at radius 1 is 1.47 bits per heavy atom. The Morgan fingerprint density at radius 3 is 2.89 bits per heavy atom. The van der Waals surface area contributed by atoms with Gasteiger partial charge in [-0.3, -0.25) is 4.79 Å². The molecule has 0 aliphatic carbocycles. The van der Waals surface area contributed by atoms with Gasteiger partial charge in [0, 0.05) is 26.1 Å². The highest BCUT2D eigenvalue weighted by molar-refractivity contribution is 5.73. The Balaban J connectivity index is 2.13. The van der Waals surface area contributed by atoms with E-state index >= 15 is 0 Å². The van der Waals surface area contributed by atoms with Gasteiger partial charge in [-0.1, -0.05) is 19.1 Å². The van der Waals surface area contributed by atoms with E-state index in [0.717, 1.165) is 31.6 Å². The van der Waals surface area contributed by atoms with Crippen LogP contribution in [0.1, 0.15) is 31.7 Å². The summed E-state index contributed by atoms with van der Waals surface area (Å²) in [4.78, 5) is 13.5. The van der Waals surface area contributed by atoms with Gasteiger partial charge in [0.15, 0.2) is 0 Å². The second-order valence-electron chi connectivity index (χ2n) is 5.24. The minimum Gasteiger partial charge on any atom is -0.352 e. The summed E-state index contributed by atoms with van der Waals surface area (Å²) in [5.41, 5.74) is 1.02. The monoisotopic (exact) mass is 264 g/mol. The molecule has 1 aliphatic heterocycles. The van der Waals surface area contributed by atoms with Gasteiger partial charge in [-0.15, -0.1) is 0 Å². The van der Waals surface area contributed by atoms with Crippen molar-refractivity contribution in [1.29, 1.82) is 0 Å². The first-order valence-corrected chi connectivity index (χ1v) is 6.83. The van der Waals surface area contributed by atoms with Crippen LogP contribution in [0.15, 0.2) is 24.3 Å². The number of amides is 1. The molecular formula is C15H21FN2O. The van der Waals surface area contributed by atoms with E-state index in [1.165, 1.54) is 6.07 Å². The Labute approximate surface area is 113 Å². The van der Waals surface area contributed by atoms with Gasteiger partial charge in [0.2, 0.25) is 5.91 Å². The summed E-state index contributed by atoms with van der Waals surface area (Å²) in [6.45, 7) is 6.40. The fraction of sp³-hybridized carbons (Fsp3) is 0.533. The van der Waals surface area contributed by atoms with Gasteiger partial charge in [0.05, 0.1) is 0 Å². The minimum atomic E-state index is -0.192. The normalized spacial score (nSPS) is 24.2. The Morgan fingerprint density at radius 2 is 2.26 bits per heavy atom. The van der Waals surface area contributed by atoms with Gasteiger partial charge in [-0.2, -0.15) is 0 Å². The third-order valence-electron chi connectivity index (χ3n) is 3.70. The van der Waals surface area contributed by atoms with Crippen LogP contribution in [-0.4, -0.2) is 36.5 Å². The zero-order valence-corrected chi connectivity index (χ0v) is 11.5. The lowest BCUT2D eigenvalue weighted by molar-refractivity contribution is -0.120. The van der Waals surface area contributed by atoms with E-state index in [1.54, 1.807) is 19.1 Å². The van der Waals surface area contributed by atoms with Gasteiger partial charge in [-0.25, -0.2) is 4.39 Å². The van der Waals surface area contributed by atoms with Gasteiger partial charge in [0.1, 0.15) is 5.82 Å². The van der Waals surface area contributed by atoms with Crippen molar-refractivity contribution in [3.8, 4) is 0 Å². The molecule has 2 rings (SSSR count). The highest BCUT2D eigenvalue weighted by Crippen LogP contribution is 2.27. The summed E-state index contributed by atoms with van der Waals surface area (Å²) in [5.74, 6) is 0.0874. The highest BCUT2D eigenvalue weighted by atomic mass is 19.1. The average Bonchev–Trinajstić information content (AvgIpc) is 2.37. The molecule has 1 N–H and O–H groups in total. The quantitative estimate of drug-likeness (QED) is 0.907. The smallest absolute Gasteiger partial charge is 0.217 e. The highest BCUT2D eigenvalue weighted by Gasteiger charge is 2.27. The number of rotatable bonds is 3. The summed E-state index contributed by atoms with van der Waals surface area (Å²) < 4.78 is 13.3. The van der Waals surface area contributed by atoms with Gasteiger partial charge in [0.25, 0.3) is 0 Å². The van der Waals surface area contributed by atoms with E-state index in [-0.39, 0.29) is 23.7 Å². The molecule has 3 nitrogen and oxygen atoms in total. The summed E-state index contributed by atoms with van der Waals surface area (Å²) >= 11 is 0. The summed E-state index contributed by atoms with van der Waals surface area (Å²) in [5, 5.41) is 2.99. The Kier molecular flexibility index (Phi) is 4.53. The van der Waals surface area contributed by atoms with Crippen molar-refractivity contribution < 1.29 is 9.18 Å². The van der Waals surface area contributed by atoms with Crippen LogP contribution in [0.5, 0.6) is 0 Å². The van der Waals surface area contributed by atoms with Gasteiger partial charge >= 0.3 is 0 Å². The van der Waals surface area contributed by atoms with Crippen LogP contribution in [0.25, 0.3) is 0 Å². The molecule has 1 amide bonds. The molecule has 1 aliphatic rings. The van der Waals surface area contributed by atoms with Crippen LogP contribution in [0.2, 0.25) is 0 Å². The summed E-state index contributed by atoms with van der Waals surface area (Å²) in [6, 6.07) is 6.95. The molecule has 0 bridgehead atoms. The van der Waals surface area contributed by atoms with Crippen LogP contribution in [0, 0.1) is 5.82 Å². The molecule has 19 heavy (non-hydrogen) atoms. The molecule has 1 fully saturated rings. The SMILES string of the molecule is CCN1CC(NC(C)=O)CC(c2cccc(F)c2)C1. The molecule has 1 aromatic carbocycles. The largest absolute Gasteiger partial charge is 0.352 e. The molecule has 2 atom stereocenters. The van der Waals surface area contributed by atoms with Gasteiger partial charge < -0.3 is 10.2 Å². The predicted molar refractivity (Wildman–Crippen MR) is 73.5 cm³/mol. The predicted octanol–water partition coefficient (Wildman–Crippen LogP) is 2.14. The van der Waals surface area contributed by atoms with Crippen LogP contribution in [-0.2, 0) is 4.79 Å². The number of hydrogen-bond acceptors (Lipinski definition) is 2. The van der Waals surface area contributed by atoms with Crippen molar-refractivity contribution in [2.45, 2.75) is 32.2 Å².